The maximum atomic E-state index is 12.7. The van der Waals surface area contributed by atoms with Crippen molar-refractivity contribution in [3.63, 3.8) is 0 Å². The summed E-state index contributed by atoms with van der Waals surface area (Å²) in [5, 5.41) is 0. The van der Waals surface area contributed by atoms with Crippen LogP contribution < -0.4 is 5.73 Å². The minimum Gasteiger partial charge on any atom is -0.320 e. The second-order valence-electron chi connectivity index (χ2n) is 5.48. The molecule has 116 valence electrons. The number of nitrogens with two attached hydrogens (primary N) is 1. The summed E-state index contributed by atoms with van der Waals surface area (Å²) in [5.41, 5.74) is 5.87. The van der Waals surface area contributed by atoms with Crippen molar-refractivity contribution in [2.45, 2.75) is 38.6 Å². The minimum absolute atomic E-state index is 0.115. The third-order valence-electron chi connectivity index (χ3n) is 2.78. The SMILES string of the molecule is CC(C)CN(C(C)C)S(=O)(=O)c1cncc(C#CCN)c1. The first-order chi connectivity index (χ1) is 9.78. The molecule has 0 aliphatic rings. The number of sulfonamides is 1. The van der Waals surface area contributed by atoms with E-state index in [1.165, 1.54) is 16.7 Å². The standard InChI is InChI=1S/C15H23N3O2S/c1-12(2)11-18(13(3)4)21(19,20)15-8-14(6-5-7-16)9-17-10-15/h8-10,12-13H,7,11,16H2,1-4H3. The Morgan fingerprint density at radius 1 is 1.29 bits per heavy atom. The Balaban J connectivity index is 3.22. The molecule has 0 bridgehead atoms. The van der Waals surface area contributed by atoms with Gasteiger partial charge in [0.1, 0.15) is 4.90 Å². The van der Waals surface area contributed by atoms with Crippen LogP contribution in [0.15, 0.2) is 23.4 Å². The molecule has 0 aromatic carbocycles. The molecule has 1 heterocycles. The Morgan fingerprint density at radius 2 is 1.95 bits per heavy atom. The lowest BCUT2D eigenvalue weighted by Gasteiger charge is -2.27. The van der Waals surface area contributed by atoms with E-state index in [0.29, 0.717) is 12.1 Å². The van der Waals surface area contributed by atoms with Gasteiger partial charge < -0.3 is 5.73 Å². The summed E-state index contributed by atoms with van der Waals surface area (Å²) in [4.78, 5) is 4.14. The van der Waals surface area contributed by atoms with Crippen molar-refractivity contribution in [3.8, 4) is 11.8 Å². The van der Waals surface area contributed by atoms with E-state index in [1.54, 1.807) is 6.07 Å². The molecule has 0 unspecified atom stereocenters. The molecule has 0 saturated carbocycles. The Hall–Kier alpha value is -1.42. The molecule has 1 aromatic heterocycles. The fourth-order valence-corrected chi connectivity index (χ4v) is 3.65. The molecule has 0 fully saturated rings. The summed E-state index contributed by atoms with van der Waals surface area (Å²) < 4.78 is 27.0. The average Bonchev–Trinajstić information content (AvgIpc) is 2.42. The first-order valence-corrected chi connectivity index (χ1v) is 8.39. The molecule has 6 heteroatoms. The zero-order chi connectivity index (χ0) is 16.0. The molecular formula is C15H23N3O2S. The molecule has 0 radical (unpaired) electrons. The van der Waals surface area contributed by atoms with E-state index >= 15 is 0 Å². The number of aromatic nitrogens is 1. The molecular weight excluding hydrogens is 286 g/mol. The van der Waals surface area contributed by atoms with E-state index in [-0.39, 0.29) is 23.4 Å². The van der Waals surface area contributed by atoms with Gasteiger partial charge in [-0.25, -0.2) is 8.42 Å². The monoisotopic (exact) mass is 309 g/mol. The maximum Gasteiger partial charge on any atom is 0.244 e. The van der Waals surface area contributed by atoms with Crippen LogP contribution in [0.25, 0.3) is 0 Å². The molecule has 0 spiro atoms. The Morgan fingerprint density at radius 3 is 2.48 bits per heavy atom. The molecule has 1 rings (SSSR count). The van der Waals surface area contributed by atoms with Crippen molar-refractivity contribution in [2.24, 2.45) is 11.7 Å². The summed E-state index contributed by atoms with van der Waals surface area (Å²) in [5.74, 6) is 5.75. The fourth-order valence-electron chi connectivity index (χ4n) is 1.86. The number of rotatable bonds is 5. The van der Waals surface area contributed by atoms with Crippen molar-refractivity contribution in [2.75, 3.05) is 13.1 Å². The van der Waals surface area contributed by atoms with Crippen molar-refractivity contribution < 1.29 is 8.42 Å². The number of pyridine rings is 1. The molecule has 0 aliphatic carbocycles. The van der Waals surface area contributed by atoms with E-state index in [4.69, 9.17) is 5.73 Å². The molecule has 1 aromatic rings. The van der Waals surface area contributed by atoms with Crippen LogP contribution in [0.4, 0.5) is 0 Å². The highest BCUT2D eigenvalue weighted by molar-refractivity contribution is 7.89. The normalized spacial score (nSPS) is 11.8. The summed E-state index contributed by atoms with van der Waals surface area (Å²) in [6, 6.07) is 1.43. The molecule has 0 aliphatic heterocycles. The molecule has 2 N–H and O–H groups in total. The van der Waals surface area contributed by atoms with Gasteiger partial charge in [-0.05, 0) is 25.8 Å². The second kappa shape index (κ2) is 7.55. The summed E-state index contributed by atoms with van der Waals surface area (Å²) in [6.07, 6.45) is 2.89. The maximum absolute atomic E-state index is 12.7. The van der Waals surface area contributed by atoms with Gasteiger partial charge in [-0.2, -0.15) is 4.31 Å². The van der Waals surface area contributed by atoms with Crippen LogP contribution >= 0.6 is 0 Å². The molecule has 0 atom stereocenters. The van der Waals surface area contributed by atoms with Gasteiger partial charge in [0.05, 0.1) is 6.54 Å². The van der Waals surface area contributed by atoms with E-state index < -0.39 is 10.0 Å². The Bertz CT molecular complexity index is 628. The first-order valence-electron chi connectivity index (χ1n) is 6.95. The third kappa shape index (κ3) is 4.81. The number of hydrogen-bond donors (Lipinski definition) is 1. The van der Waals surface area contributed by atoms with Gasteiger partial charge in [-0.1, -0.05) is 25.7 Å². The highest BCUT2D eigenvalue weighted by atomic mass is 32.2. The smallest absolute Gasteiger partial charge is 0.244 e. The van der Waals surface area contributed by atoms with Crippen LogP contribution in [0.2, 0.25) is 0 Å². The number of hydrogen-bond acceptors (Lipinski definition) is 4. The number of nitrogens with zero attached hydrogens (tertiary/aromatic N) is 2. The van der Waals surface area contributed by atoms with Crippen LogP contribution in [-0.2, 0) is 10.0 Å². The molecule has 21 heavy (non-hydrogen) atoms. The van der Waals surface area contributed by atoms with E-state index in [0.717, 1.165) is 0 Å². The average molecular weight is 309 g/mol. The zero-order valence-electron chi connectivity index (χ0n) is 13.0. The predicted octanol–water partition coefficient (Wildman–Crippen LogP) is 1.45. The van der Waals surface area contributed by atoms with Gasteiger partial charge in [0, 0.05) is 30.5 Å². The molecule has 0 saturated heterocycles. The highest BCUT2D eigenvalue weighted by Crippen LogP contribution is 2.19. The van der Waals surface area contributed by atoms with Gasteiger partial charge in [-0.15, -0.1) is 0 Å². The van der Waals surface area contributed by atoms with Gasteiger partial charge in [0.15, 0.2) is 0 Å². The lowest BCUT2D eigenvalue weighted by atomic mass is 10.2. The van der Waals surface area contributed by atoms with E-state index in [2.05, 4.69) is 16.8 Å². The summed E-state index contributed by atoms with van der Waals surface area (Å²) >= 11 is 0. The van der Waals surface area contributed by atoms with Gasteiger partial charge >= 0.3 is 0 Å². The van der Waals surface area contributed by atoms with Gasteiger partial charge in [-0.3, -0.25) is 4.98 Å². The van der Waals surface area contributed by atoms with E-state index in [9.17, 15) is 8.42 Å². The van der Waals surface area contributed by atoms with Crippen LogP contribution in [0.1, 0.15) is 33.3 Å². The largest absolute Gasteiger partial charge is 0.320 e. The van der Waals surface area contributed by atoms with Crippen LogP contribution in [0.3, 0.4) is 0 Å². The van der Waals surface area contributed by atoms with Crippen molar-refractivity contribution in [1.29, 1.82) is 0 Å². The summed E-state index contributed by atoms with van der Waals surface area (Å²) in [6.45, 7) is 8.41. The zero-order valence-corrected chi connectivity index (χ0v) is 13.8. The van der Waals surface area contributed by atoms with Crippen molar-refractivity contribution in [1.82, 2.24) is 9.29 Å². The lowest BCUT2D eigenvalue weighted by Crippen LogP contribution is -2.39. The highest BCUT2D eigenvalue weighted by Gasteiger charge is 2.27. The summed E-state index contributed by atoms with van der Waals surface area (Å²) in [7, 11) is -3.57. The van der Waals surface area contributed by atoms with Crippen LogP contribution in [-0.4, -0.2) is 36.8 Å². The van der Waals surface area contributed by atoms with Gasteiger partial charge in [0.2, 0.25) is 10.0 Å². The quantitative estimate of drug-likeness (QED) is 0.835. The Labute approximate surface area is 127 Å². The first kappa shape index (κ1) is 17.6. The lowest BCUT2D eigenvalue weighted by molar-refractivity contribution is 0.319. The van der Waals surface area contributed by atoms with Crippen molar-refractivity contribution in [3.05, 3.63) is 24.0 Å². The fraction of sp³-hybridized carbons (Fsp3) is 0.533. The third-order valence-corrected chi connectivity index (χ3v) is 4.78. The van der Waals surface area contributed by atoms with Crippen LogP contribution in [0.5, 0.6) is 0 Å². The molecule has 5 nitrogen and oxygen atoms in total. The topological polar surface area (TPSA) is 76.3 Å². The van der Waals surface area contributed by atoms with E-state index in [1.807, 2.05) is 27.7 Å². The van der Waals surface area contributed by atoms with Crippen LogP contribution in [0, 0.1) is 17.8 Å². The Kier molecular flexibility index (Phi) is 6.34. The minimum atomic E-state index is -3.57. The molecule has 0 amide bonds. The predicted molar refractivity (Wildman–Crippen MR) is 84.0 cm³/mol. The second-order valence-corrected chi connectivity index (χ2v) is 7.37. The van der Waals surface area contributed by atoms with Crippen molar-refractivity contribution >= 4 is 10.0 Å². The van der Waals surface area contributed by atoms with Gasteiger partial charge in [0.25, 0.3) is 0 Å².